The van der Waals surface area contributed by atoms with Crippen LogP contribution in [-0.2, 0) is 0 Å². The van der Waals surface area contributed by atoms with E-state index in [1.54, 1.807) is 48.5 Å². The third-order valence-electron chi connectivity index (χ3n) is 4.89. The van der Waals surface area contributed by atoms with E-state index in [0.717, 1.165) is 15.6 Å². The second-order valence-electron chi connectivity index (χ2n) is 7.08. The Kier molecular flexibility index (Phi) is 6.73. The van der Waals surface area contributed by atoms with Crippen LogP contribution in [0.25, 0.3) is 17.2 Å². The highest BCUT2D eigenvalue weighted by atomic mass is 79.9. The first kappa shape index (κ1) is 21.5. The van der Waals surface area contributed by atoms with E-state index in [4.69, 9.17) is 4.74 Å². The lowest BCUT2D eigenvalue weighted by molar-refractivity contribution is 0.0734. The fourth-order valence-corrected chi connectivity index (χ4v) is 3.44. The van der Waals surface area contributed by atoms with Gasteiger partial charge in [0.15, 0.2) is 5.78 Å². The van der Waals surface area contributed by atoms with Crippen molar-refractivity contribution in [2.75, 3.05) is 0 Å². The number of para-hydroxylation sites is 1. The van der Waals surface area contributed by atoms with Crippen LogP contribution in [0, 0.1) is 0 Å². The summed E-state index contributed by atoms with van der Waals surface area (Å²) < 4.78 is 6.44. The molecule has 0 bridgehead atoms. The number of benzene rings is 4. The minimum Gasteiger partial charge on any atom is -0.422 e. The smallest absolute Gasteiger partial charge is 0.343 e. The molecule has 0 atom stereocenters. The van der Waals surface area contributed by atoms with Crippen molar-refractivity contribution in [3.05, 3.63) is 130 Å². The van der Waals surface area contributed by atoms with Gasteiger partial charge in [-0.1, -0.05) is 88.7 Å². The molecule has 0 aromatic heterocycles. The van der Waals surface area contributed by atoms with Gasteiger partial charge < -0.3 is 4.74 Å². The van der Waals surface area contributed by atoms with Gasteiger partial charge in [-0.3, -0.25) is 4.79 Å². The molecule has 4 aromatic rings. The van der Waals surface area contributed by atoms with E-state index < -0.39 is 5.97 Å². The average Bonchev–Trinajstić information content (AvgIpc) is 2.84. The molecule has 0 spiro atoms. The molecular weight excluding hydrogens is 464 g/mol. The molecule has 0 aliphatic heterocycles. The van der Waals surface area contributed by atoms with Gasteiger partial charge in [-0.2, -0.15) is 0 Å². The van der Waals surface area contributed by atoms with Gasteiger partial charge in [-0.05, 0) is 53.6 Å². The number of carbonyl (C=O) groups excluding carboxylic acids is 2. The van der Waals surface area contributed by atoms with E-state index in [-0.39, 0.29) is 5.78 Å². The Bertz CT molecular complexity index is 1260. The van der Waals surface area contributed by atoms with Crippen molar-refractivity contribution in [3.63, 3.8) is 0 Å². The molecule has 156 valence electrons. The lowest BCUT2D eigenvalue weighted by atomic mass is 10.0. The minimum absolute atomic E-state index is 0.126. The maximum atomic E-state index is 12.7. The van der Waals surface area contributed by atoms with E-state index in [2.05, 4.69) is 15.9 Å². The molecule has 4 heteroatoms. The number of hydrogen-bond donors (Lipinski definition) is 0. The predicted octanol–water partition coefficient (Wildman–Crippen LogP) is 7.23. The minimum atomic E-state index is -0.457. The zero-order chi connectivity index (χ0) is 22.3. The number of hydrogen-bond acceptors (Lipinski definition) is 3. The Labute approximate surface area is 195 Å². The monoisotopic (exact) mass is 482 g/mol. The molecule has 0 amide bonds. The highest BCUT2D eigenvalue weighted by molar-refractivity contribution is 9.10. The Hall–Kier alpha value is -3.76. The number of ketones is 1. The topological polar surface area (TPSA) is 43.4 Å². The van der Waals surface area contributed by atoms with Crippen molar-refractivity contribution in [3.8, 4) is 16.9 Å². The van der Waals surface area contributed by atoms with Crippen LogP contribution in [0.2, 0.25) is 0 Å². The van der Waals surface area contributed by atoms with Crippen molar-refractivity contribution >= 4 is 33.8 Å². The highest BCUT2D eigenvalue weighted by Gasteiger charge is 2.11. The number of halogens is 1. The van der Waals surface area contributed by atoms with Crippen LogP contribution in [0.1, 0.15) is 26.3 Å². The van der Waals surface area contributed by atoms with Gasteiger partial charge >= 0.3 is 5.97 Å². The Morgan fingerprint density at radius 1 is 0.656 bits per heavy atom. The maximum absolute atomic E-state index is 12.7. The van der Waals surface area contributed by atoms with Gasteiger partial charge in [0, 0.05) is 15.6 Å². The van der Waals surface area contributed by atoms with Crippen LogP contribution in [-0.4, -0.2) is 11.8 Å². The Morgan fingerprint density at radius 2 is 1.25 bits per heavy atom. The highest BCUT2D eigenvalue weighted by Crippen LogP contribution is 2.23. The summed E-state index contributed by atoms with van der Waals surface area (Å²) in [5.41, 5.74) is 3.83. The molecule has 0 N–H and O–H groups in total. The average molecular weight is 483 g/mol. The summed E-state index contributed by atoms with van der Waals surface area (Å²) in [6.07, 6.45) is 3.15. The molecule has 32 heavy (non-hydrogen) atoms. The molecular formula is C28H19BrO3. The van der Waals surface area contributed by atoms with E-state index >= 15 is 0 Å². The number of rotatable bonds is 6. The zero-order valence-electron chi connectivity index (χ0n) is 17.1. The summed E-state index contributed by atoms with van der Waals surface area (Å²) in [6.45, 7) is 0. The molecule has 4 aromatic carbocycles. The number of esters is 1. The fourth-order valence-electron chi connectivity index (χ4n) is 3.18. The van der Waals surface area contributed by atoms with Crippen LogP contribution >= 0.6 is 15.9 Å². The van der Waals surface area contributed by atoms with Crippen LogP contribution < -0.4 is 4.74 Å². The molecule has 0 aliphatic carbocycles. The molecule has 0 heterocycles. The van der Waals surface area contributed by atoms with E-state index in [1.807, 2.05) is 60.7 Å². The lowest BCUT2D eigenvalue weighted by Gasteiger charge is -2.07. The fraction of sp³-hybridized carbons (Fsp3) is 0. The van der Waals surface area contributed by atoms with Gasteiger partial charge in [-0.25, -0.2) is 4.79 Å². The van der Waals surface area contributed by atoms with Crippen LogP contribution in [0.15, 0.2) is 114 Å². The summed E-state index contributed by atoms with van der Waals surface area (Å²) in [7, 11) is 0. The Morgan fingerprint density at radius 3 is 1.97 bits per heavy atom. The molecule has 3 nitrogen and oxygen atoms in total. The van der Waals surface area contributed by atoms with Crippen molar-refractivity contribution in [1.29, 1.82) is 0 Å². The molecule has 0 aliphatic rings. The third-order valence-corrected chi connectivity index (χ3v) is 5.42. The van der Waals surface area contributed by atoms with Crippen LogP contribution in [0.5, 0.6) is 5.75 Å². The zero-order valence-corrected chi connectivity index (χ0v) is 18.7. The molecule has 0 radical (unpaired) electrons. The molecule has 4 rings (SSSR count). The second-order valence-corrected chi connectivity index (χ2v) is 7.99. The van der Waals surface area contributed by atoms with Gasteiger partial charge in [0.2, 0.25) is 0 Å². The number of ether oxygens (including phenoxy) is 1. The normalized spacial score (nSPS) is 10.8. The molecule has 0 unspecified atom stereocenters. The number of allylic oxidation sites excluding steroid dienone is 1. The first-order valence-electron chi connectivity index (χ1n) is 10.0. The Balaban J connectivity index is 1.48. The quantitative estimate of drug-likeness (QED) is 0.126. The summed E-state index contributed by atoms with van der Waals surface area (Å²) in [6, 6.07) is 31.6. The molecule has 0 saturated heterocycles. The second kappa shape index (κ2) is 10.0. The maximum Gasteiger partial charge on any atom is 0.343 e. The van der Waals surface area contributed by atoms with E-state index in [9.17, 15) is 9.59 Å². The van der Waals surface area contributed by atoms with Crippen molar-refractivity contribution in [2.24, 2.45) is 0 Å². The summed E-state index contributed by atoms with van der Waals surface area (Å²) >= 11 is 3.35. The number of carbonyl (C=O) groups is 2. The van der Waals surface area contributed by atoms with Gasteiger partial charge in [0.25, 0.3) is 0 Å². The van der Waals surface area contributed by atoms with Gasteiger partial charge in [0.1, 0.15) is 5.75 Å². The first-order valence-corrected chi connectivity index (χ1v) is 10.8. The van der Waals surface area contributed by atoms with Gasteiger partial charge in [-0.15, -0.1) is 0 Å². The lowest BCUT2D eigenvalue weighted by Crippen LogP contribution is -2.09. The summed E-state index contributed by atoms with van der Waals surface area (Å²) in [5.74, 6) is -0.191. The van der Waals surface area contributed by atoms with Crippen molar-refractivity contribution in [2.45, 2.75) is 0 Å². The summed E-state index contributed by atoms with van der Waals surface area (Å²) in [4.78, 5) is 25.1. The van der Waals surface area contributed by atoms with E-state index in [1.165, 1.54) is 6.08 Å². The van der Waals surface area contributed by atoms with Crippen molar-refractivity contribution in [1.82, 2.24) is 0 Å². The van der Waals surface area contributed by atoms with E-state index in [0.29, 0.717) is 22.4 Å². The molecule has 0 saturated carbocycles. The largest absolute Gasteiger partial charge is 0.422 e. The standard InChI is InChI=1S/C28H19BrO3/c29-25-17-14-24(15-18-25)28(31)32-27-9-5-4-8-23(27)16-19-26(30)22-12-10-21(11-13-22)20-6-2-1-3-7-20/h1-19H. The predicted molar refractivity (Wildman–Crippen MR) is 131 cm³/mol. The first-order chi connectivity index (χ1) is 15.6. The van der Waals surface area contributed by atoms with Crippen molar-refractivity contribution < 1.29 is 14.3 Å². The van der Waals surface area contributed by atoms with Crippen LogP contribution in [0.4, 0.5) is 0 Å². The van der Waals surface area contributed by atoms with Gasteiger partial charge in [0.05, 0.1) is 5.56 Å². The summed E-state index contributed by atoms with van der Waals surface area (Å²) in [5, 5.41) is 0. The molecule has 0 fully saturated rings. The SMILES string of the molecule is O=C(C=Cc1ccccc1OC(=O)c1ccc(Br)cc1)c1ccc(-c2ccccc2)cc1. The van der Waals surface area contributed by atoms with Crippen LogP contribution in [0.3, 0.4) is 0 Å². The third kappa shape index (κ3) is 5.29.